The quantitative estimate of drug-likeness (QED) is 0.873. The van der Waals surface area contributed by atoms with Crippen molar-refractivity contribution < 1.29 is 18.7 Å². The molecule has 0 radical (unpaired) electrons. The highest BCUT2D eigenvalue weighted by Crippen LogP contribution is 2.13. The Balaban J connectivity index is 1.63. The first-order chi connectivity index (χ1) is 12.1. The van der Waals surface area contributed by atoms with Gasteiger partial charge in [0.2, 0.25) is 0 Å². The predicted octanol–water partition coefficient (Wildman–Crippen LogP) is 2.38. The van der Waals surface area contributed by atoms with E-state index >= 15 is 0 Å². The van der Waals surface area contributed by atoms with Gasteiger partial charge in [0, 0.05) is 30.6 Å². The highest BCUT2D eigenvalue weighted by atomic mass is 19.1. The molecular formula is C18H18FN3O3. The van der Waals surface area contributed by atoms with Crippen molar-refractivity contribution in [1.82, 2.24) is 10.3 Å². The second-order valence-corrected chi connectivity index (χ2v) is 5.74. The minimum Gasteiger partial charge on any atom is -0.376 e. The first kappa shape index (κ1) is 17.0. The minimum atomic E-state index is -0.443. The number of benzene rings is 1. The molecule has 130 valence electrons. The number of rotatable bonds is 5. The molecule has 1 unspecified atom stereocenters. The molecule has 1 aliphatic heterocycles. The molecule has 0 spiro atoms. The van der Waals surface area contributed by atoms with Gasteiger partial charge in [0.1, 0.15) is 11.5 Å². The van der Waals surface area contributed by atoms with E-state index in [0.717, 1.165) is 12.8 Å². The molecule has 1 aromatic heterocycles. The third-order valence-corrected chi connectivity index (χ3v) is 3.85. The first-order valence-electron chi connectivity index (χ1n) is 8.04. The van der Waals surface area contributed by atoms with Gasteiger partial charge >= 0.3 is 0 Å². The lowest BCUT2D eigenvalue weighted by molar-refractivity contribution is 0.0853. The van der Waals surface area contributed by atoms with Crippen LogP contribution < -0.4 is 10.6 Å². The normalized spacial score (nSPS) is 16.4. The Morgan fingerprint density at radius 1 is 1.24 bits per heavy atom. The third-order valence-electron chi connectivity index (χ3n) is 3.85. The van der Waals surface area contributed by atoms with E-state index in [9.17, 15) is 14.0 Å². The number of nitrogens with one attached hydrogen (secondary N) is 2. The van der Waals surface area contributed by atoms with Gasteiger partial charge < -0.3 is 15.4 Å². The van der Waals surface area contributed by atoms with Crippen molar-refractivity contribution in [2.24, 2.45) is 0 Å². The topological polar surface area (TPSA) is 80.3 Å². The summed E-state index contributed by atoms with van der Waals surface area (Å²) in [6.45, 7) is 1.13. The molecule has 2 N–H and O–H groups in total. The van der Waals surface area contributed by atoms with Crippen molar-refractivity contribution in [3.8, 4) is 0 Å². The van der Waals surface area contributed by atoms with Crippen molar-refractivity contribution in [3.05, 3.63) is 59.7 Å². The van der Waals surface area contributed by atoms with Crippen LogP contribution in [0.15, 0.2) is 42.6 Å². The maximum Gasteiger partial charge on any atom is 0.269 e. The molecule has 6 nitrogen and oxygen atoms in total. The Hall–Kier alpha value is -2.80. The first-order valence-corrected chi connectivity index (χ1v) is 8.04. The Morgan fingerprint density at radius 3 is 2.88 bits per heavy atom. The number of halogens is 1. The molecule has 0 bridgehead atoms. The van der Waals surface area contributed by atoms with Gasteiger partial charge in [-0.05, 0) is 43.2 Å². The van der Waals surface area contributed by atoms with Gasteiger partial charge in [0.25, 0.3) is 11.8 Å². The standard InChI is InChI=1S/C18H18FN3O3/c19-13-3-1-4-14(10-13)22-17(23)12-6-7-20-16(9-12)18(24)21-11-15-5-2-8-25-15/h1,3-4,6-7,9-10,15H,2,5,8,11H2,(H,21,24)(H,22,23). The number of ether oxygens (including phenoxy) is 1. The second kappa shape index (κ2) is 7.85. The Labute approximate surface area is 144 Å². The van der Waals surface area contributed by atoms with E-state index in [-0.39, 0.29) is 23.3 Å². The molecule has 0 saturated carbocycles. The summed E-state index contributed by atoms with van der Waals surface area (Å²) >= 11 is 0. The number of pyridine rings is 1. The fourth-order valence-electron chi connectivity index (χ4n) is 2.57. The molecule has 3 rings (SSSR count). The maximum atomic E-state index is 13.2. The summed E-state index contributed by atoms with van der Waals surface area (Å²) in [6.07, 6.45) is 3.34. The lowest BCUT2D eigenvalue weighted by Crippen LogP contribution is -2.32. The average Bonchev–Trinajstić information content (AvgIpc) is 3.13. The molecular weight excluding hydrogens is 325 g/mol. The van der Waals surface area contributed by atoms with Crippen molar-refractivity contribution in [1.29, 1.82) is 0 Å². The third kappa shape index (κ3) is 4.60. The lowest BCUT2D eigenvalue weighted by Gasteiger charge is -2.11. The number of hydrogen-bond donors (Lipinski definition) is 2. The Kier molecular flexibility index (Phi) is 5.35. The van der Waals surface area contributed by atoms with Gasteiger partial charge in [-0.25, -0.2) is 4.39 Å². The van der Waals surface area contributed by atoms with Crippen LogP contribution in [-0.2, 0) is 4.74 Å². The highest BCUT2D eigenvalue weighted by Gasteiger charge is 2.18. The molecule has 1 fully saturated rings. The van der Waals surface area contributed by atoms with Crippen LogP contribution in [0.1, 0.15) is 33.7 Å². The lowest BCUT2D eigenvalue weighted by atomic mass is 10.2. The van der Waals surface area contributed by atoms with Crippen molar-refractivity contribution >= 4 is 17.5 Å². The highest BCUT2D eigenvalue weighted by molar-refractivity contribution is 6.05. The molecule has 0 aliphatic carbocycles. The van der Waals surface area contributed by atoms with E-state index in [1.807, 2.05) is 0 Å². The van der Waals surface area contributed by atoms with Crippen LogP contribution in [0.25, 0.3) is 0 Å². The fourth-order valence-corrected chi connectivity index (χ4v) is 2.57. The van der Waals surface area contributed by atoms with E-state index in [1.54, 1.807) is 6.07 Å². The summed E-state index contributed by atoms with van der Waals surface area (Å²) in [5, 5.41) is 5.34. The number of nitrogens with zero attached hydrogens (tertiary/aromatic N) is 1. The summed E-state index contributed by atoms with van der Waals surface area (Å²) in [7, 11) is 0. The van der Waals surface area contributed by atoms with Crippen molar-refractivity contribution in [2.45, 2.75) is 18.9 Å². The van der Waals surface area contributed by atoms with Gasteiger partial charge in [-0.3, -0.25) is 14.6 Å². The van der Waals surface area contributed by atoms with Gasteiger partial charge in [-0.15, -0.1) is 0 Å². The summed E-state index contributed by atoms with van der Waals surface area (Å²) in [4.78, 5) is 28.4. The van der Waals surface area contributed by atoms with Crippen LogP contribution in [0.5, 0.6) is 0 Å². The number of anilines is 1. The molecule has 2 amide bonds. The summed E-state index contributed by atoms with van der Waals surface area (Å²) in [5.74, 6) is -1.25. The molecule has 2 heterocycles. The average molecular weight is 343 g/mol. The zero-order valence-corrected chi connectivity index (χ0v) is 13.5. The Bertz CT molecular complexity index is 776. The smallest absolute Gasteiger partial charge is 0.269 e. The molecule has 1 aliphatic rings. The Morgan fingerprint density at radius 2 is 2.12 bits per heavy atom. The number of aromatic nitrogens is 1. The summed E-state index contributed by atoms with van der Waals surface area (Å²) in [5.41, 5.74) is 0.748. The van der Waals surface area contributed by atoms with Crippen LogP contribution >= 0.6 is 0 Å². The number of amides is 2. The van der Waals surface area contributed by atoms with E-state index < -0.39 is 11.7 Å². The van der Waals surface area contributed by atoms with Crippen molar-refractivity contribution in [2.75, 3.05) is 18.5 Å². The largest absolute Gasteiger partial charge is 0.376 e. The zero-order chi connectivity index (χ0) is 17.6. The second-order valence-electron chi connectivity index (χ2n) is 5.74. The molecule has 2 aromatic rings. The number of carbonyl (C=O) groups is 2. The maximum absolute atomic E-state index is 13.2. The SMILES string of the molecule is O=C(Nc1cccc(F)c1)c1ccnc(C(=O)NCC2CCCO2)c1. The monoisotopic (exact) mass is 343 g/mol. The number of carbonyl (C=O) groups excluding carboxylic acids is 2. The van der Waals surface area contributed by atoms with Crippen LogP contribution in [0.4, 0.5) is 10.1 Å². The van der Waals surface area contributed by atoms with Gasteiger partial charge in [-0.1, -0.05) is 6.07 Å². The molecule has 1 saturated heterocycles. The van der Waals surface area contributed by atoms with Gasteiger partial charge in [0.15, 0.2) is 0 Å². The predicted molar refractivity (Wildman–Crippen MR) is 89.9 cm³/mol. The fraction of sp³-hybridized carbons (Fsp3) is 0.278. The van der Waals surface area contributed by atoms with E-state index in [1.165, 1.54) is 36.5 Å². The van der Waals surface area contributed by atoms with Crippen LogP contribution in [0, 0.1) is 5.82 Å². The van der Waals surface area contributed by atoms with E-state index in [2.05, 4.69) is 15.6 Å². The van der Waals surface area contributed by atoms with E-state index in [4.69, 9.17) is 4.74 Å². The molecule has 1 aromatic carbocycles. The van der Waals surface area contributed by atoms with Gasteiger partial charge in [-0.2, -0.15) is 0 Å². The van der Waals surface area contributed by atoms with Crippen LogP contribution in [-0.4, -0.2) is 36.1 Å². The van der Waals surface area contributed by atoms with E-state index in [0.29, 0.717) is 18.8 Å². The molecule has 1 atom stereocenters. The minimum absolute atomic E-state index is 0.0309. The van der Waals surface area contributed by atoms with Gasteiger partial charge in [0.05, 0.1) is 6.10 Å². The van der Waals surface area contributed by atoms with Crippen molar-refractivity contribution in [3.63, 3.8) is 0 Å². The summed E-state index contributed by atoms with van der Waals surface area (Å²) < 4.78 is 18.6. The molecule has 7 heteroatoms. The molecule has 25 heavy (non-hydrogen) atoms. The van der Waals surface area contributed by atoms with Crippen LogP contribution in [0.3, 0.4) is 0 Å². The zero-order valence-electron chi connectivity index (χ0n) is 13.5. The summed E-state index contributed by atoms with van der Waals surface area (Å²) in [6, 6.07) is 8.48. The number of hydrogen-bond acceptors (Lipinski definition) is 4. The van der Waals surface area contributed by atoms with Crippen LogP contribution in [0.2, 0.25) is 0 Å².